The number of aryl methyl sites for hydroxylation is 1. The summed E-state index contributed by atoms with van der Waals surface area (Å²) in [4.78, 5) is 2.39. The van der Waals surface area contributed by atoms with Gasteiger partial charge in [0.2, 0.25) is 0 Å². The first-order valence-corrected chi connectivity index (χ1v) is 5.82. The highest BCUT2D eigenvalue weighted by atomic mass is 15.3. The first-order valence-electron chi connectivity index (χ1n) is 5.82. The fraction of sp³-hybridized carbons (Fsp3) is 0.727. The van der Waals surface area contributed by atoms with E-state index in [9.17, 15) is 0 Å². The Kier molecular flexibility index (Phi) is 3.26. The van der Waals surface area contributed by atoms with Gasteiger partial charge in [0.15, 0.2) is 5.82 Å². The van der Waals surface area contributed by atoms with Crippen molar-refractivity contribution in [2.24, 2.45) is 0 Å². The van der Waals surface area contributed by atoms with Crippen LogP contribution in [0.15, 0.2) is 0 Å². The summed E-state index contributed by atoms with van der Waals surface area (Å²) in [5.74, 6) is 1.17. The van der Waals surface area contributed by atoms with Crippen molar-refractivity contribution in [2.45, 2.75) is 26.7 Å². The van der Waals surface area contributed by atoms with Gasteiger partial charge in [0.25, 0.3) is 0 Å². The lowest BCUT2D eigenvalue weighted by Gasteiger charge is -2.20. The van der Waals surface area contributed by atoms with Gasteiger partial charge in [-0.25, -0.2) is 0 Å². The molecule has 1 fully saturated rings. The molecule has 0 aromatic carbocycles. The Morgan fingerprint density at radius 1 is 1.33 bits per heavy atom. The number of H-pyrrole nitrogens is 1. The molecule has 2 rings (SSSR count). The average molecular weight is 208 g/mol. The molecule has 1 aliphatic rings. The molecule has 0 spiro atoms. The van der Waals surface area contributed by atoms with E-state index in [1.54, 1.807) is 0 Å². The van der Waals surface area contributed by atoms with Gasteiger partial charge in [-0.05, 0) is 26.3 Å². The zero-order valence-corrected chi connectivity index (χ0v) is 9.64. The van der Waals surface area contributed by atoms with Crippen LogP contribution in [0.4, 0.5) is 5.82 Å². The molecule has 2 heterocycles. The number of aromatic amines is 1. The summed E-state index contributed by atoms with van der Waals surface area (Å²) in [6, 6.07) is 0. The lowest BCUT2D eigenvalue weighted by Crippen LogP contribution is -2.28. The van der Waals surface area contributed by atoms with Crippen molar-refractivity contribution >= 4 is 5.82 Å². The third-order valence-electron chi connectivity index (χ3n) is 3.05. The van der Waals surface area contributed by atoms with Crippen LogP contribution in [0.1, 0.15) is 24.6 Å². The van der Waals surface area contributed by atoms with E-state index < -0.39 is 0 Å². The van der Waals surface area contributed by atoms with Gasteiger partial charge < -0.3 is 10.2 Å². The maximum atomic E-state index is 4.43. The molecule has 4 nitrogen and oxygen atoms in total. The summed E-state index contributed by atoms with van der Waals surface area (Å²) in [6.45, 7) is 8.67. The molecule has 0 radical (unpaired) electrons. The molecule has 84 valence electrons. The maximum Gasteiger partial charge on any atom is 0.153 e. The van der Waals surface area contributed by atoms with Crippen LogP contribution in [0.25, 0.3) is 0 Å². The first kappa shape index (κ1) is 10.5. The minimum atomic E-state index is 1.06. The summed E-state index contributed by atoms with van der Waals surface area (Å²) in [5, 5.41) is 10.9. The Morgan fingerprint density at radius 2 is 2.20 bits per heavy atom. The smallest absolute Gasteiger partial charge is 0.153 e. The third-order valence-corrected chi connectivity index (χ3v) is 3.05. The van der Waals surface area contributed by atoms with Gasteiger partial charge in [-0.2, -0.15) is 5.10 Å². The lowest BCUT2D eigenvalue weighted by atomic mass is 10.2. The van der Waals surface area contributed by atoms with Crippen molar-refractivity contribution in [2.75, 3.05) is 31.1 Å². The van der Waals surface area contributed by atoms with Crippen molar-refractivity contribution in [1.29, 1.82) is 0 Å². The molecule has 1 aromatic rings. The highest BCUT2D eigenvalue weighted by Gasteiger charge is 2.16. The number of nitrogens with zero attached hydrogens (tertiary/aromatic N) is 2. The number of nitrogens with one attached hydrogen (secondary N) is 2. The molecule has 0 amide bonds. The molecule has 15 heavy (non-hydrogen) atoms. The van der Waals surface area contributed by atoms with E-state index in [0.717, 1.165) is 32.6 Å². The van der Waals surface area contributed by atoms with Crippen molar-refractivity contribution in [3.8, 4) is 0 Å². The van der Waals surface area contributed by atoms with E-state index >= 15 is 0 Å². The minimum Gasteiger partial charge on any atom is -0.354 e. The average Bonchev–Trinajstić information content (AvgIpc) is 2.48. The molecule has 1 aromatic heterocycles. The van der Waals surface area contributed by atoms with Crippen molar-refractivity contribution in [3.05, 3.63) is 11.3 Å². The van der Waals surface area contributed by atoms with Gasteiger partial charge in [0.05, 0.1) is 0 Å². The molecule has 1 aliphatic heterocycles. The summed E-state index contributed by atoms with van der Waals surface area (Å²) < 4.78 is 0. The Morgan fingerprint density at radius 3 is 3.00 bits per heavy atom. The van der Waals surface area contributed by atoms with Gasteiger partial charge in [-0.1, -0.05) is 6.92 Å². The molecule has 0 aliphatic carbocycles. The predicted octanol–water partition coefficient (Wildman–Crippen LogP) is 1.08. The molecule has 4 heteroatoms. The monoisotopic (exact) mass is 208 g/mol. The maximum absolute atomic E-state index is 4.43. The molecule has 1 saturated heterocycles. The Labute approximate surface area is 91.1 Å². The molecule has 0 bridgehead atoms. The van der Waals surface area contributed by atoms with Gasteiger partial charge in [-0.15, -0.1) is 0 Å². The fourth-order valence-electron chi connectivity index (χ4n) is 2.18. The summed E-state index contributed by atoms with van der Waals surface area (Å²) in [7, 11) is 0. The second-order valence-electron chi connectivity index (χ2n) is 4.09. The number of anilines is 1. The predicted molar refractivity (Wildman–Crippen MR) is 62.4 cm³/mol. The molecular formula is C11H20N4. The Balaban J connectivity index is 2.19. The van der Waals surface area contributed by atoms with Crippen molar-refractivity contribution < 1.29 is 0 Å². The molecule has 2 N–H and O–H groups in total. The Hall–Kier alpha value is -1.03. The molecular weight excluding hydrogens is 188 g/mol. The van der Waals surface area contributed by atoms with E-state index in [1.807, 2.05) is 0 Å². The van der Waals surface area contributed by atoms with E-state index in [-0.39, 0.29) is 0 Å². The highest BCUT2D eigenvalue weighted by Crippen LogP contribution is 2.21. The highest BCUT2D eigenvalue weighted by molar-refractivity contribution is 5.49. The van der Waals surface area contributed by atoms with Crippen LogP contribution in [0.3, 0.4) is 0 Å². The van der Waals surface area contributed by atoms with Gasteiger partial charge in [0, 0.05) is 30.9 Å². The second-order valence-corrected chi connectivity index (χ2v) is 4.09. The zero-order valence-electron chi connectivity index (χ0n) is 9.64. The fourth-order valence-corrected chi connectivity index (χ4v) is 2.18. The van der Waals surface area contributed by atoms with Crippen molar-refractivity contribution in [3.63, 3.8) is 0 Å². The molecule has 0 atom stereocenters. The van der Waals surface area contributed by atoms with E-state index in [1.165, 1.54) is 23.5 Å². The minimum absolute atomic E-state index is 1.06. The number of rotatable bonds is 2. The molecule has 0 unspecified atom stereocenters. The number of hydrogen-bond acceptors (Lipinski definition) is 3. The summed E-state index contributed by atoms with van der Waals surface area (Å²) in [5.41, 5.74) is 2.58. The Bertz CT molecular complexity index is 310. The third kappa shape index (κ3) is 2.15. The van der Waals surface area contributed by atoms with E-state index in [2.05, 4.69) is 34.3 Å². The molecule has 0 saturated carbocycles. The summed E-state index contributed by atoms with van der Waals surface area (Å²) >= 11 is 0. The topological polar surface area (TPSA) is 44.0 Å². The normalized spacial score (nSPS) is 17.9. The standard InChI is InChI=1S/C11H20N4/c1-3-10-9(2)13-14-11(10)15-7-4-5-12-6-8-15/h12H,3-8H2,1-2H3,(H,13,14). The van der Waals surface area contributed by atoms with E-state index in [4.69, 9.17) is 0 Å². The van der Waals surface area contributed by atoms with Gasteiger partial charge in [0.1, 0.15) is 0 Å². The van der Waals surface area contributed by atoms with Crippen LogP contribution in [-0.2, 0) is 6.42 Å². The second kappa shape index (κ2) is 4.66. The SMILES string of the molecule is CCc1c(N2CCCNCC2)n[nH]c1C. The lowest BCUT2D eigenvalue weighted by molar-refractivity contribution is 0.724. The number of aromatic nitrogens is 2. The zero-order chi connectivity index (χ0) is 10.7. The van der Waals surface area contributed by atoms with Crippen LogP contribution in [0, 0.1) is 6.92 Å². The van der Waals surface area contributed by atoms with Crippen LogP contribution in [-0.4, -0.2) is 36.4 Å². The van der Waals surface area contributed by atoms with E-state index in [0.29, 0.717) is 0 Å². The van der Waals surface area contributed by atoms with Crippen LogP contribution in [0.2, 0.25) is 0 Å². The van der Waals surface area contributed by atoms with Crippen LogP contribution >= 0.6 is 0 Å². The van der Waals surface area contributed by atoms with Gasteiger partial charge in [-0.3, -0.25) is 5.10 Å². The summed E-state index contributed by atoms with van der Waals surface area (Å²) in [6.07, 6.45) is 2.26. The number of hydrogen-bond donors (Lipinski definition) is 2. The largest absolute Gasteiger partial charge is 0.354 e. The van der Waals surface area contributed by atoms with Crippen molar-refractivity contribution in [1.82, 2.24) is 15.5 Å². The van der Waals surface area contributed by atoms with Crippen LogP contribution in [0.5, 0.6) is 0 Å². The quantitative estimate of drug-likeness (QED) is 0.764. The van der Waals surface area contributed by atoms with Crippen LogP contribution < -0.4 is 10.2 Å². The van der Waals surface area contributed by atoms with Gasteiger partial charge >= 0.3 is 0 Å². The first-order chi connectivity index (χ1) is 7.33.